The molecule has 0 unspecified atom stereocenters. The Labute approximate surface area is 193 Å². The Morgan fingerprint density at radius 1 is 1.12 bits per heavy atom. The first-order valence-electron chi connectivity index (χ1n) is 11.5. The molecule has 4 heterocycles. The zero-order chi connectivity index (χ0) is 23.1. The molecule has 1 aromatic heterocycles. The Balaban J connectivity index is 1.49. The highest BCUT2D eigenvalue weighted by Gasteiger charge is 2.44. The van der Waals surface area contributed by atoms with Gasteiger partial charge in [0.25, 0.3) is 5.69 Å². The second kappa shape index (κ2) is 8.62. The molecule has 4 atom stereocenters. The molecule has 0 N–H and O–H groups in total. The lowest BCUT2D eigenvalue weighted by molar-refractivity contribution is -0.384. The van der Waals surface area contributed by atoms with Crippen molar-refractivity contribution in [3.05, 3.63) is 58.3 Å². The maximum Gasteiger partial charge on any atom is 0.269 e. The zero-order valence-corrected chi connectivity index (χ0v) is 19.0. The van der Waals surface area contributed by atoms with Gasteiger partial charge in [0.05, 0.1) is 29.1 Å². The van der Waals surface area contributed by atoms with Crippen LogP contribution < -0.4 is 9.80 Å². The summed E-state index contributed by atoms with van der Waals surface area (Å²) in [5.41, 5.74) is 1.94. The first-order chi connectivity index (χ1) is 15.9. The van der Waals surface area contributed by atoms with E-state index in [1.54, 1.807) is 18.3 Å². The van der Waals surface area contributed by atoms with E-state index in [1.165, 1.54) is 0 Å². The minimum Gasteiger partial charge on any atom is -0.372 e. The van der Waals surface area contributed by atoms with Gasteiger partial charge in [-0.3, -0.25) is 14.9 Å². The summed E-state index contributed by atoms with van der Waals surface area (Å²) in [7, 11) is 0. The molecule has 9 heteroatoms. The van der Waals surface area contributed by atoms with E-state index in [0.717, 1.165) is 30.2 Å². The van der Waals surface area contributed by atoms with Crippen LogP contribution in [0, 0.1) is 16.0 Å². The molecule has 3 aliphatic heterocycles. The highest BCUT2D eigenvalue weighted by molar-refractivity contribution is 5.83. The monoisotopic (exact) mass is 451 g/mol. The van der Waals surface area contributed by atoms with E-state index >= 15 is 0 Å². The summed E-state index contributed by atoms with van der Waals surface area (Å²) in [4.78, 5) is 35.8. The quantitative estimate of drug-likeness (QED) is 0.523. The third-order valence-electron chi connectivity index (χ3n) is 6.93. The third-order valence-corrected chi connectivity index (χ3v) is 6.93. The van der Waals surface area contributed by atoms with Crippen LogP contribution in [-0.2, 0) is 16.0 Å². The SMILES string of the molecule is C[C@@H]1CN(C(=O)[C@@H]2Cc3cc([N+](=O)[O-])ccc3N3CCN(c4ccccn4)C[C@H]23)C[C@@H](C)O1. The number of aromatic nitrogens is 1. The highest BCUT2D eigenvalue weighted by Crippen LogP contribution is 2.39. The van der Waals surface area contributed by atoms with Crippen molar-refractivity contribution >= 4 is 23.1 Å². The van der Waals surface area contributed by atoms with Crippen LogP contribution in [0.3, 0.4) is 0 Å². The van der Waals surface area contributed by atoms with Crippen molar-refractivity contribution in [2.45, 2.75) is 38.5 Å². The molecule has 0 spiro atoms. The number of benzene rings is 1. The van der Waals surface area contributed by atoms with Crippen LogP contribution in [0.5, 0.6) is 0 Å². The lowest BCUT2D eigenvalue weighted by Crippen LogP contribution is -2.62. The Bertz CT molecular complexity index is 1040. The Morgan fingerprint density at radius 3 is 2.61 bits per heavy atom. The molecule has 9 nitrogen and oxygen atoms in total. The normalized spacial score (nSPS) is 27.0. The first-order valence-corrected chi connectivity index (χ1v) is 11.5. The molecule has 3 aliphatic rings. The number of hydrogen-bond donors (Lipinski definition) is 0. The van der Waals surface area contributed by atoms with Crippen LogP contribution in [0.15, 0.2) is 42.6 Å². The average molecular weight is 452 g/mol. The topological polar surface area (TPSA) is 92.0 Å². The third kappa shape index (κ3) is 4.13. The fourth-order valence-corrected chi connectivity index (χ4v) is 5.55. The van der Waals surface area contributed by atoms with Gasteiger partial charge in [0, 0.05) is 56.7 Å². The van der Waals surface area contributed by atoms with Gasteiger partial charge in [-0.2, -0.15) is 0 Å². The number of nitro benzene ring substituents is 1. The van der Waals surface area contributed by atoms with Crippen molar-refractivity contribution < 1.29 is 14.5 Å². The number of anilines is 2. The maximum absolute atomic E-state index is 13.8. The molecule has 2 saturated heterocycles. The molecule has 2 aromatic rings. The Morgan fingerprint density at radius 2 is 1.91 bits per heavy atom. The zero-order valence-electron chi connectivity index (χ0n) is 19.0. The van der Waals surface area contributed by atoms with Crippen molar-refractivity contribution in [3.8, 4) is 0 Å². The summed E-state index contributed by atoms with van der Waals surface area (Å²) in [6, 6.07) is 10.9. The number of non-ortho nitro benzene ring substituents is 1. The minimum absolute atomic E-state index is 0.0119. The van der Waals surface area contributed by atoms with Crippen LogP contribution in [-0.4, -0.2) is 71.7 Å². The van der Waals surface area contributed by atoms with Gasteiger partial charge in [0.1, 0.15) is 5.82 Å². The fourth-order valence-electron chi connectivity index (χ4n) is 5.55. The van der Waals surface area contributed by atoms with E-state index in [-0.39, 0.29) is 40.7 Å². The second-order valence-electron chi connectivity index (χ2n) is 9.28. The molecule has 33 heavy (non-hydrogen) atoms. The molecule has 174 valence electrons. The number of ether oxygens (including phenoxy) is 1. The lowest BCUT2D eigenvalue weighted by Gasteiger charge is -2.50. The smallest absolute Gasteiger partial charge is 0.269 e. The molecule has 0 saturated carbocycles. The first kappa shape index (κ1) is 21.6. The number of morpholine rings is 1. The standard InChI is InChI=1S/C24H29N5O4/c1-16-13-27(14-17(2)33-16)24(30)20-12-18-11-19(29(31)32)6-7-21(18)28-10-9-26(15-22(20)28)23-5-3-4-8-25-23/h3-8,11,16-17,20,22H,9-10,12-15H2,1-2H3/t16-,17-,20-,22-/m1/s1. The second-order valence-corrected chi connectivity index (χ2v) is 9.28. The molecular weight excluding hydrogens is 422 g/mol. The van der Waals surface area contributed by atoms with E-state index < -0.39 is 0 Å². The Hall–Kier alpha value is -3.20. The number of rotatable bonds is 3. The van der Waals surface area contributed by atoms with Crippen molar-refractivity contribution in [2.75, 3.05) is 42.5 Å². The summed E-state index contributed by atoms with van der Waals surface area (Å²) in [6.45, 7) is 7.30. The predicted molar refractivity (Wildman–Crippen MR) is 124 cm³/mol. The van der Waals surface area contributed by atoms with Crippen LogP contribution in [0.25, 0.3) is 0 Å². The highest BCUT2D eigenvalue weighted by atomic mass is 16.6. The van der Waals surface area contributed by atoms with Crippen LogP contribution in [0.1, 0.15) is 19.4 Å². The number of amides is 1. The van der Waals surface area contributed by atoms with Gasteiger partial charge in [0.2, 0.25) is 5.91 Å². The van der Waals surface area contributed by atoms with E-state index in [9.17, 15) is 14.9 Å². The summed E-state index contributed by atoms with van der Waals surface area (Å²) in [5.74, 6) is 0.724. The number of piperazine rings is 1. The van der Waals surface area contributed by atoms with Crippen LogP contribution in [0.2, 0.25) is 0 Å². The van der Waals surface area contributed by atoms with E-state index in [4.69, 9.17) is 4.74 Å². The summed E-state index contributed by atoms with van der Waals surface area (Å²) in [5, 5.41) is 11.4. The van der Waals surface area contributed by atoms with Crippen molar-refractivity contribution in [2.24, 2.45) is 5.92 Å². The minimum atomic E-state index is -0.368. The molecule has 0 bridgehead atoms. The molecule has 1 amide bonds. The molecule has 1 aromatic carbocycles. The van der Waals surface area contributed by atoms with Crippen molar-refractivity contribution in [1.82, 2.24) is 9.88 Å². The molecule has 0 radical (unpaired) electrons. The molecule has 2 fully saturated rings. The predicted octanol–water partition coefficient (Wildman–Crippen LogP) is 2.49. The van der Waals surface area contributed by atoms with E-state index in [2.05, 4.69) is 14.8 Å². The summed E-state index contributed by atoms with van der Waals surface area (Å²) in [6.07, 6.45) is 2.26. The van der Waals surface area contributed by atoms with Crippen molar-refractivity contribution in [3.63, 3.8) is 0 Å². The fraction of sp³-hybridized carbons (Fsp3) is 0.500. The molecule has 5 rings (SSSR count). The molecular formula is C24H29N5O4. The van der Waals surface area contributed by atoms with Gasteiger partial charge < -0.3 is 19.4 Å². The van der Waals surface area contributed by atoms with Gasteiger partial charge in [0.15, 0.2) is 0 Å². The van der Waals surface area contributed by atoms with E-state index in [0.29, 0.717) is 26.1 Å². The van der Waals surface area contributed by atoms with Gasteiger partial charge in [-0.15, -0.1) is 0 Å². The average Bonchev–Trinajstić information content (AvgIpc) is 2.82. The number of carbonyl (C=O) groups excluding carboxylic acids is 1. The number of fused-ring (bicyclic) bond motifs is 3. The van der Waals surface area contributed by atoms with Crippen molar-refractivity contribution in [1.29, 1.82) is 0 Å². The number of nitrogens with zero attached hydrogens (tertiary/aromatic N) is 5. The maximum atomic E-state index is 13.8. The summed E-state index contributed by atoms with van der Waals surface area (Å²) >= 11 is 0. The van der Waals surface area contributed by atoms with Gasteiger partial charge in [-0.1, -0.05) is 6.07 Å². The van der Waals surface area contributed by atoms with Crippen LogP contribution >= 0.6 is 0 Å². The van der Waals surface area contributed by atoms with Crippen LogP contribution in [0.4, 0.5) is 17.2 Å². The number of hydrogen-bond acceptors (Lipinski definition) is 7. The number of carbonyl (C=O) groups is 1. The van der Waals surface area contributed by atoms with Gasteiger partial charge in [-0.05, 0) is 44.0 Å². The molecule has 0 aliphatic carbocycles. The Kier molecular flexibility index (Phi) is 5.65. The van der Waals surface area contributed by atoms with Gasteiger partial charge >= 0.3 is 0 Å². The summed E-state index contributed by atoms with van der Waals surface area (Å²) < 4.78 is 5.84. The number of nitro groups is 1. The lowest BCUT2D eigenvalue weighted by atomic mass is 9.82. The van der Waals surface area contributed by atoms with E-state index in [1.807, 2.05) is 43.0 Å². The van der Waals surface area contributed by atoms with Gasteiger partial charge in [-0.25, -0.2) is 4.98 Å². The largest absolute Gasteiger partial charge is 0.372 e. The number of pyridine rings is 1.